The van der Waals surface area contributed by atoms with Crippen molar-refractivity contribution in [1.29, 1.82) is 0 Å². The van der Waals surface area contributed by atoms with E-state index in [-0.39, 0.29) is 6.42 Å². The molecule has 7 heteroatoms. The maximum absolute atomic E-state index is 11.9. The zero-order valence-corrected chi connectivity index (χ0v) is 14.6. The summed E-state index contributed by atoms with van der Waals surface area (Å²) in [7, 11) is 0. The number of anilines is 1. The van der Waals surface area contributed by atoms with Crippen molar-refractivity contribution in [2.75, 3.05) is 11.9 Å². The van der Waals surface area contributed by atoms with E-state index in [4.69, 9.17) is 15.9 Å². The van der Waals surface area contributed by atoms with Gasteiger partial charge in [-0.25, -0.2) is 0 Å². The van der Waals surface area contributed by atoms with E-state index in [1.807, 2.05) is 42.5 Å². The number of H-pyrrole nitrogens is 1. The second-order valence-corrected chi connectivity index (χ2v) is 6.33. The minimum atomic E-state index is -0.964. The molecule has 0 radical (unpaired) electrons. The largest absolute Gasteiger partial charge is 0.481 e. The maximum atomic E-state index is 11.9. The van der Waals surface area contributed by atoms with E-state index < -0.39 is 24.5 Å². The number of hydrogen-bond acceptors (Lipinski definition) is 4. The molecule has 0 bridgehead atoms. The van der Waals surface area contributed by atoms with Gasteiger partial charge in [-0.1, -0.05) is 36.4 Å². The van der Waals surface area contributed by atoms with Crippen LogP contribution in [-0.4, -0.2) is 39.7 Å². The van der Waals surface area contributed by atoms with E-state index in [2.05, 4.69) is 10.3 Å². The number of fused-ring (bicyclic) bond motifs is 1. The predicted molar refractivity (Wildman–Crippen MR) is 103 cm³/mol. The van der Waals surface area contributed by atoms with Gasteiger partial charge in [-0.15, -0.1) is 0 Å². The Hall–Kier alpha value is -3.16. The summed E-state index contributed by atoms with van der Waals surface area (Å²) in [4.78, 5) is 25.6. The van der Waals surface area contributed by atoms with Gasteiger partial charge < -0.3 is 26.2 Å². The van der Waals surface area contributed by atoms with Crippen molar-refractivity contribution < 1.29 is 19.8 Å². The number of carboxylic acids is 1. The lowest BCUT2D eigenvalue weighted by Crippen LogP contribution is -2.38. The fourth-order valence-corrected chi connectivity index (χ4v) is 2.83. The molecule has 0 saturated carbocycles. The Morgan fingerprint density at radius 2 is 1.81 bits per heavy atom. The number of aliphatic hydroxyl groups excluding tert-OH is 1. The second-order valence-electron chi connectivity index (χ2n) is 6.33. The number of aliphatic hydroxyl groups is 1. The standard InChI is InChI=1S/C20H21N3O4/c21-16(11-24)20(27)23-18-10-22-17-9-14(6-7-15(17)18)13-4-1-12(2-5-13)3-8-19(25)26/h1-2,4-7,9-10,16,22,24H,3,8,11,21H2,(H,23,27)(H,25,26). The fourth-order valence-electron chi connectivity index (χ4n) is 2.83. The SMILES string of the molecule is NC(CO)C(=O)Nc1c[nH]c2cc(-c3ccc(CCC(=O)O)cc3)ccc12. The van der Waals surface area contributed by atoms with Gasteiger partial charge in [0.15, 0.2) is 0 Å². The van der Waals surface area contributed by atoms with Crippen LogP contribution in [0, 0.1) is 0 Å². The smallest absolute Gasteiger partial charge is 0.303 e. The van der Waals surface area contributed by atoms with Crippen LogP contribution in [0.5, 0.6) is 0 Å². The van der Waals surface area contributed by atoms with Crippen molar-refractivity contribution in [3.8, 4) is 11.1 Å². The highest BCUT2D eigenvalue weighted by Gasteiger charge is 2.14. The predicted octanol–water partition coefficient (Wildman–Crippen LogP) is 2.11. The highest BCUT2D eigenvalue weighted by atomic mass is 16.4. The number of benzene rings is 2. The van der Waals surface area contributed by atoms with Gasteiger partial charge in [0, 0.05) is 23.5 Å². The second kappa shape index (κ2) is 8.03. The molecular formula is C20H21N3O4. The molecule has 3 aromatic rings. The van der Waals surface area contributed by atoms with Gasteiger partial charge in [0.1, 0.15) is 6.04 Å². The summed E-state index contributed by atoms with van der Waals surface area (Å²) in [5.41, 5.74) is 9.98. The zero-order chi connectivity index (χ0) is 19.4. The first kappa shape index (κ1) is 18.6. The minimum Gasteiger partial charge on any atom is -0.481 e. The summed E-state index contributed by atoms with van der Waals surface area (Å²) >= 11 is 0. The van der Waals surface area contributed by atoms with Gasteiger partial charge in [0.2, 0.25) is 5.91 Å². The molecular weight excluding hydrogens is 346 g/mol. The van der Waals surface area contributed by atoms with Crippen molar-refractivity contribution in [1.82, 2.24) is 4.98 Å². The van der Waals surface area contributed by atoms with Crippen LogP contribution in [0.2, 0.25) is 0 Å². The van der Waals surface area contributed by atoms with Crippen LogP contribution in [0.25, 0.3) is 22.0 Å². The maximum Gasteiger partial charge on any atom is 0.303 e. The first-order chi connectivity index (χ1) is 13.0. The molecule has 140 valence electrons. The Kier molecular flexibility index (Phi) is 5.54. The molecule has 0 aliphatic carbocycles. The normalized spacial score (nSPS) is 12.1. The lowest BCUT2D eigenvalue weighted by atomic mass is 10.0. The molecule has 1 amide bonds. The van der Waals surface area contributed by atoms with E-state index >= 15 is 0 Å². The zero-order valence-electron chi connectivity index (χ0n) is 14.6. The average Bonchev–Trinajstić information content (AvgIpc) is 3.08. The summed E-state index contributed by atoms with van der Waals surface area (Å²) in [6.45, 7) is -0.416. The summed E-state index contributed by atoms with van der Waals surface area (Å²) in [6, 6.07) is 12.6. The molecule has 1 aromatic heterocycles. The fraction of sp³-hybridized carbons (Fsp3) is 0.200. The van der Waals surface area contributed by atoms with E-state index in [1.54, 1.807) is 6.20 Å². The Bertz CT molecular complexity index is 963. The minimum absolute atomic E-state index is 0.113. The van der Waals surface area contributed by atoms with Crippen LogP contribution >= 0.6 is 0 Å². The van der Waals surface area contributed by atoms with E-state index in [0.717, 1.165) is 27.6 Å². The number of nitrogens with two attached hydrogens (primary N) is 1. The molecule has 7 nitrogen and oxygen atoms in total. The van der Waals surface area contributed by atoms with E-state index in [9.17, 15) is 9.59 Å². The van der Waals surface area contributed by atoms with Gasteiger partial charge in [-0.3, -0.25) is 9.59 Å². The number of carbonyl (C=O) groups excluding carboxylic acids is 1. The van der Waals surface area contributed by atoms with Crippen molar-refractivity contribution in [3.63, 3.8) is 0 Å². The first-order valence-electron chi connectivity index (χ1n) is 8.57. The summed E-state index contributed by atoms with van der Waals surface area (Å²) in [6.07, 6.45) is 2.30. The molecule has 6 N–H and O–H groups in total. The number of rotatable bonds is 7. The molecule has 0 aliphatic rings. The number of carboxylic acid groups (broad SMARTS) is 1. The third kappa shape index (κ3) is 4.33. The summed E-state index contributed by atoms with van der Waals surface area (Å²) in [5, 5.41) is 21.3. The van der Waals surface area contributed by atoms with Crippen LogP contribution in [0.4, 0.5) is 5.69 Å². The highest BCUT2D eigenvalue weighted by Crippen LogP contribution is 2.29. The number of aliphatic carboxylic acids is 1. The number of nitrogens with one attached hydrogen (secondary N) is 2. The quantitative estimate of drug-likeness (QED) is 0.437. The molecule has 1 heterocycles. The molecule has 0 spiro atoms. The Balaban J connectivity index is 1.79. The lowest BCUT2D eigenvalue weighted by Gasteiger charge is -2.09. The highest BCUT2D eigenvalue weighted by molar-refractivity contribution is 6.04. The number of aromatic nitrogens is 1. The number of aromatic amines is 1. The summed E-state index contributed by atoms with van der Waals surface area (Å²) < 4.78 is 0. The molecule has 3 rings (SSSR count). The van der Waals surface area contributed by atoms with Gasteiger partial charge in [0.25, 0.3) is 0 Å². The first-order valence-corrected chi connectivity index (χ1v) is 8.57. The van der Waals surface area contributed by atoms with Crippen molar-refractivity contribution >= 4 is 28.5 Å². The molecule has 0 saturated heterocycles. The summed E-state index contributed by atoms with van der Waals surface area (Å²) in [5.74, 6) is -1.25. The number of aryl methyl sites for hydroxylation is 1. The monoisotopic (exact) mass is 367 g/mol. The molecule has 27 heavy (non-hydrogen) atoms. The van der Waals surface area contributed by atoms with Gasteiger partial charge in [-0.05, 0) is 29.2 Å². The Morgan fingerprint density at radius 3 is 2.48 bits per heavy atom. The van der Waals surface area contributed by atoms with E-state index in [1.165, 1.54) is 0 Å². The van der Waals surface area contributed by atoms with Crippen LogP contribution in [0.3, 0.4) is 0 Å². The number of carbonyl (C=O) groups is 2. The molecule has 0 fully saturated rings. The van der Waals surface area contributed by atoms with Crippen molar-refractivity contribution in [2.45, 2.75) is 18.9 Å². The third-order valence-corrected chi connectivity index (χ3v) is 4.39. The topological polar surface area (TPSA) is 128 Å². The van der Waals surface area contributed by atoms with Crippen LogP contribution in [0.1, 0.15) is 12.0 Å². The average molecular weight is 367 g/mol. The Morgan fingerprint density at radius 1 is 1.11 bits per heavy atom. The molecule has 2 aromatic carbocycles. The number of hydrogen-bond donors (Lipinski definition) is 5. The Labute approximate surface area is 155 Å². The number of amides is 1. The molecule has 1 unspecified atom stereocenters. The van der Waals surface area contributed by atoms with Crippen molar-refractivity contribution in [2.24, 2.45) is 5.73 Å². The lowest BCUT2D eigenvalue weighted by molar-refractivity contribution is -0.137. The third-order valence-electron chi connectivity index (χ3n) is 4.39. The molecule has 0 aliphatic heterocycles. The van der Waals surface area contributed by atoms with Crippen LogP contribution in [0.15, 0.2) is 48.7 Å². The van der Waals surface area contributed by atoms with Crippen molar-refractivity contribution in [3.05, 3.63) is 54.2 Å². The van der Waals surface area contributed by atoms with Crippen LogP contribution in [-0.2, 0) is 16.0 Å². The molecule has 1 atom stereocenters. The van der Waals surface area contributed by atoms with Gasteiger partial charge in [0.05, 0.1) is 12.3 Å². The van der Waals surface area contributed by atoms with Gasteiger partial charge >= 0.3 is 5.97 Å². The van der Waals surface area contributed by atoms with Gasteiger partial charge in [-0.2, -0.15) is 0 Å². The van der Waals surface area contributed by atoms with Crippen LogP contribution < -0.4 is 11.1 Å². The van der Waals surface area contributed by atoms with E-state index in [0.29, 0.717) is 12.1 Å².